The third kappa shape index (κ3) is 4.13. The third-order valence-electron chi connectivity index (χ3n) is 5.34. The molecule has 1 amide bonds. The average Bonchev–Trinajstić information content (AvgIpc) is 3.46. The fraction of sp³-hybridized carbons (Fsp3) is 0.333. The second-order valence-electron chi connectivity index (χ2n) is 7.37. The molecule has 2 aliphatic rings. The monoisotopic (exact) mass is 491 g/mol. The number of amides is 1. The smallest absolute Gasteiger partial charge is 0.273 e. The van der Waals surface area contributed by atoms with Crippen LogP contribution in [0.25, 0.3) is 9.88 Å². The lowest BCUT2D eigenvalue weighted by Gasteiger charge is -2.33. The maximum Gasteiger partial charge on any atom is 0.273 e. The van der Waals surface area contributed by atoms with Gasteiger partial charge in [-0.1, -0.05) is 6.07 Å². The molecule has 3 aromatic rings. The summed E-state index contributed by atoms with van der Waals surface area (Å²) in [7, 11) is -3.70. The number of hydrogen-bond acceptors (Lipinski definition) is 8. The molecule has 1 fully saturated rings. The first kappa shape index (κ1) is 21.4. The highest BCUT2D eigenvalue weighted by atomic mass is 32.2. The molecule has 8 nitrogen and oxygen atoms in total. The molecule has 0 saturated carbocycles. The molecule has 0 spiro atoms. The Bertz CT molecular complexity index is 1220. The van der Waals surface area contributed by atoms with Crippen molar-refractivity contribution in [3.8, 4) is 21.4 Å². The van der Waals surface area contributed by atoms with E-state index >= 15 is 0 Å². The van der Waals surface area contributed by atoms with E-state index in [9.17, 15) is 13.2 Å². The molecule has 2 aromatic heterocycles. The van der Waals surface area contributed by atoms with E-state index in [2.05, 4.69) is 4.98 Å². The topological polar surface area (TPSA) is 89.0 Å². The van der Waals surface area contributed by atoms with Gasteiger partial charge in [0.2, 0.25) is 10.0 Å². The van der Waals surface area contributed by atoms with E-state index in [1.54, 1.807) is 33.7 Å². The van der Waals surface area contributed by atoms with Crippen LogP contribution >= 0.6 is 22.7 Å². The summed E-state index contributed by atoms with van der Waals surface area (Å²) in [4.78, 5) is 20.2. The molecule has 1 saturated heterocycles. The van der Waals surface area contributed by atoms with Crippen molar-refractivity contribution in [1.29, 1.82) is 0 Å². The molecule has 4 heterocycles. The van der Waals surface area contributed by atoms with Crippen LogP contribution in [0.4, 0.5) is 0 Å². The minimum absolute atomic E-state index is 0.168. The standard InChI is InChI=1S/C21H21N3O5S3/c25-21(16-14-31-20(22-16)19-3-1-12-30-19)23-6-8-24(9-7-23)32(26,27)15-4-5-17-18(13-15)29-11-2-10-28-17/h1,3-5,12-14H,2,6-11H2. The maximum atomic E-state index is 13.2. The van der Waals surface area contributed by atoms with Crippen molar-refractivity contribution in [3.05, 3.63) is 46.8 Å². The van der Waals surface area contributed by atoms with Crippen molar-refractivity contribution in [1.82, 2.24) is 14.2 Å². The van der Waals surface area contributed by atoms with E-state index < -0.39 is 10.0 Å². The van der Waals surface area contributed by atoms with Crippen LogP contribution in [0.3, 0.4) is 0 Å². The van der Waals surface area contributed by atoms with Gasteiger partial charge in [-0.25, -0.2) is 13.4 Å². The number of sulfonamides is 1. The number of thiophene rings is 1. The Labute approximate surface area is 194 Å². The van der Waals surface area contributed by atoms with Gasteiger partial charge in [0.05, 0.1) is 23.0 Å². The summed E-state index contributed by atoms with van der Waals surface area (Å²) in [5, 5.41) is 4.55. The Hall–Kier alpha value is -2.47. The Morgan fingerprint density at radius 2 is 1.78 bits per heavy atom. The average molecular weight is 492 g/mol. The van der Waals surface area contributed by atoms with Gasteiger partial charge in [0.15, 0.2) is 11.5 Å². The minimum Gasteiger partial charge on any atom is -0.490 e. The lowest BCUT2D eigenvalue weighted by molar-refractivity contribution is 0.0693. The predicted octanol–water partition coefficient (Wildman–Crippen LogP) is 3.18. The molecule has 0 bridgehead atoms. The molecular formula is C21H21N3O5S3. The second-order valence-corrected chi connectivity index (χ2v) is 11.1. The molecule has 2 aliphatic heterocycles. The van der Waals surface area contributed by atoms with Gasteiger partial charge < -0.3 is 14.4 Å². The van der Waals surface area contributed by atoms with E-state index in [1.807, 2.05) is 17.5 Å². The Balaban J connectivity index is 1.26. The van der Waals surface area contributed by atoms with Gasteiger partial charge in [0.1, 0.15) is 10.7 Å². The summed E-state index contributed by atoms with van der Waals surface area (Å²) in [6.07, 6.45) is 0.751. The second kappa shape index (κ2) is 8.81. The molecule has 0 N–H and O–H groups in total. The van der Waals surface area contributed by atoms with Crippen molar-refractivity contribution in [3.63, 3.8) is 0 Å². The van der Waals surface area contributed by atoms with Gasteiger partial charge in [-0.05, 0) is 23.6 Å². The van der Waals surface area contributed by atoms with Gasteiger partial charge in [0, 0.05) is 44.0 Å². The molecule has 1 aromatic carbocycles. The van der Waals surface area contributed by atoms with Gasteiger partial charge in [0.25, 0.3) is 5.91 Å². The summed E-state index contributed by atoms with van der Waals surface area (Å²) in [5.41, 5.74) is 0.401. The van der Waals surface area contributed by atoms with Gasteiger partial charge in [-0.2, -0.15) is 4.31 Å². The zero-order valence-electron chi connectivity index (χ0n) is 17.1. The molecular weight excluding hydrogens is 470 g/mol. The first-order valence-electron chi connectivity index (χ1n) is 10.2. The van der Waals surface area contributed by atoms with Crippen LogP contribution in [0.5, 0.6) is 11.5 Å². The highest BCUT2D eigenvalue weighted by molar-refractivity contribution is 7.89. The summed E-state index contributed by atoms with van der Waals surface area (Å²) in [6.45, 7) is 2.11. The van der Waals surface area contributed by atoms with E-state index in [0.717, 1.165) is 16.3 Å². The van der Waals surface area contributed by atoms with E-state index in [4.69, 9.17) is 9.47 Å². The van der Waals surface area contributed by atoms with Crippen LogP contribution < -0.4 is 9.47 Å². The molecule has 11 heteroatoms. The van der Waals surface area contributed by atoms with Crippen molar-refractivity contribution in [2.45, 2.75) is 11.3 Å². The molecule has 0 unspecified atom stereocenters. The number of thiazole rings is 1. The van der Waals surface area contributed by atoms with Crippen LogP contribution in [0.15, 0.2) is 46.0 Å². The Morgan fingerprint density at radius 1 is 1.00 bits per heavy atom. The molecule has 0 radical (unpaired) electrons. The SMILES string of the molecule is O=C(c1csc(-c2cccs2)n1)N1CCN(S(=O)(=O)c2ccc3c(c2)OCCCO3)CC1. The minimum atomic E-state index is -3.70. The summed E-state index contributed by atoms with van der Waals surface area (Å²) >= 11 is 3.02. The summed E-state index contributed by atoms with van der Waals surface area (Å²) in [6, 6.07) is 8.63. The van der Waals surface area contributed by atoms with Crippen molar-refractivity contribution >= 4 is 38.6 Å². The number of benzene rings is 1. The largest absolute Gasteiger partial charge is 0.490 e. The fourth-order valence-corrected chi connectivity index (χ4v) is 6.68. The van der Waals surface area contributed by atoms with Crippen LogP contribution in [0.2, 0.25) is 0 Å². The zero-order valence-corrected chi connectivity index (χ0v) is 19.5. The third-order valence-corrected chi connectivity index (χ3v) is 9.11. The van der Waals surface area contributed by atoms with Gasteiger partial charge in [-0.3, -0.25) is 4.79 Å². The van der Waals surface area contributed by atoms with Crippen LogP contribution in [0, 0.1) is 0 Å². The van der Waals surface area contributed by atoms with Crippen molar-refractivity contribution in [2.24, 2.45) is 0 Å². The van der Waals surface area contributed by atoms with E-state index in [-0.39, 0.29) is 23.9 Å². The van der Waals surface area contributed by atoms with E-state index in [1.165, 1.54) is 21.7 Å². The Morgan fingerprint density at radius 3 is 2.53 bits per heavy atom. The lowest BCUT2D eigenvalue weighted by Crippen LogP contribution is -2.50. The number of hydrogen-bond donors (Lipinski definition) is 0. The molecule has 168 valence electrons. The summed E-state index contributed by atoms with van der Waals surface area (Å²) < 4.78 is 38.9. The molecule has 32 heavy (non-hydrogen) atoms. The number of carbonyl (C=O) groups is 1. The number of carbonyl (C=O) groups excluding carboxylic acids is 1. The zero-order chi connectivity index (χ0) is 22.1. The number of piperazine rings is 1. The molecule has 0 atom stereocenters. The van der Waals surface area contributed by atoms with Crippen molar-refractivity contribution in [2.75, 3.05) is 39.4 Å². The predicted molar refractivity (Wildman–Crippen MR) is 122 cm³/mol. The highest BCUT2D eigenvalue weighted by Gasteiger charge is 2.32. The van der Waals surface area contributed by atoms with E-state index in [0.29, 0.717) is 43.5 Å². The number of nitrogens with zero attached hydrogens (tertiary/aromatic N) is 3. The first-order chi connectivity index (χ1) is 15.5. The molecule has 5 rings (SSSR count). The number of aromatic nitrogens is 1. The highest BCUT2D eigenvalue weighted by Crippen LogP contribution is 2.33. The lowest BCUT2D eigenvalue weighted by atomic mass is 10.3. The number of rotatable bonds is 4. The number of fused-ring (bicyclic) bond motifs is 1. The maximum absolute atomic E-state index is 13.2. The first-order valence-corrected chi connectivity index (χ1v) is 13.4. The quantitative estimate of drug-likeness (QED) is 0.557. The van der Waals surface area contributed by atoms with Crippen LogP contribution in [-0.2, 0) is 10.0 Å². The van der Waals surface area contributed by atoms with Gasteiger partial charge in [-0.15, -0.1) is 22.7 Å². The van der Waals surface area contributed by atoms with Gasteiger partial charge >= 0.3 is 0 Å². The summed E-state index contributed by atoms with van der Waals surface area (Å²) in [5.74, 6) is 0.834. The Kier molecular flexibility index (Phi) is 5.89. The number of ether oxygens (including phenoxy) is 2. The molecule has 0 aliphatic carbocycles. The fourth-order valence-electron chi connectivity index (χ4n) is 3.63. The normalized spacial score (nSPS) is 17.2. The van der Waals surface area contributed by atoms with Crippen LogP contribution in [-0.4, -0.2) is 67.9 Å². The van der Waals surface area contributed by atoms with Crippen LogP contribution in [0.1, 0.15) is 16.9 Å². The van der Waals surface area contributed by atoms with Crippen molar-refractivity contribution < 1.29 is 22.7 Å².